The molecule has 1 atom stereocenters. The Kier molecular flexibility index (Phi) is 7.48. The summed E-state index contributed by atoms with van der Waals surface area (Å²) in [5.41, 5.74) is 4.56. The predicted octanol–water partition coefficient (Wildman–Crippen LogP) is 4.99. The van der Waals surface area contributed by atoms with Crippen molar-refractivity contribution in [3.05, 3.63) is 94.4 Å². The average molecular weight is 510 g/mol. The molecule has 2 N–H and O–H groups in total. The molecule has 0 saturated carbocycles. The predicted molar refractivity (Wildman–Crippen MR) is 137 cm³/mol. The van der Waals surface area contributed by atoms with Crippen LogP contribution in [0.15, 0.2) is 72.0 Å². The number of rotatable bonds is 8. The van der Waals surface area contributed by atoms with Gasteiger partial charge in [-0.3, -0.25) is 9.48 Å². The number of pyridine rings is 1. The largest absolute Gasteiger partial charge is 0.480 e. The van der Waals surface area contributed by atoms with Gasteiger partial charge in [-0.05, 0) is 48.7 Å². The van der Waals surface area contributed by atoms with Gasteiger partial charge in [0.25, 0.3) is 5.91 Å². The number of ether oxygens (including phenoxy) is 1. The van der Waals surface area contributed by atoms with Crippen molar-refractivity contribution in [3.8, 4) is 5.88 Å². The number of aromatic nitrogens is 3. The number of carbonyl (C=O) groups excluding carboxylic acids is 1. The molecular weight excluding hydrogens is 486 g/mol. The van der Waals surface area contributed by atoms with E-state index in [0.29, 0.717) is 27.7 Å². The summed E-state index contributed by atoms with van der Waals surface area (Å²) in [6.45, 7) is 4.42. The molecule has 1 amide bonds. The molecule has 0 fully saturated rings. The lowest BCUT2D eigenvalue weighted by molar-refractivity contribution is 0.102. The Balaban J connectivity index is 1.49. The van der Waals surface area contributed by atoms with Crippen LogP contribution < -0.4 is 14.8 Å². The Morgan fingerprint density at radius 3 is 2.46 bits per heavy atom. The Morgan fingerprint density at radius 2 is 1.83 bits per heavy atom. The number of hydrogen-bond acceptors (Lipinski definition) is 5. The van der Waals surface area contributed by atoms with Crippen molar-refractivity contribution >= 4 is 39.9 Å². The number of amides is 1. The second-order valence-corrected chi connectivity index (χ2v) is 9.49. The molecule has 35 heavy (non-hydrogen) atoms. The van der Waals surface area contributed by atoms with Crippen LogP contribution in [0.1, 0.15) is 27.0 Å². The third kappa shape index (κ3) is 5.87. The first-order chi connectivity index (χ1) is 16.8. The fourth-order valence-corrected chi connectivity index (χ4v) is 4.79. The fraction of sp³-hybridized carbons (Fsp3) is 0.160. The van der Waals surface area contributed by atoms with Crippen molar-refractivity contribution in [2.45, 2.75) is 25.3 Å². The molecule has 0 aliphatic heterocycles. The number of nitrogens with one attached hydrogen (secondary N) is 2. The number of carbonyl (C=O) groups is 1. The Hall–Kier alpha value is -3.69. The number of methoxy groups -OCH3 is 1. The van der Waals surface area contributed by atoms with Crippen LogP contribution in [-0.4, -0.2) is 32.0 Å². The lowest BCUT2D eigenvalue weighted by atomic mass is 10.1. The highest BCUT2D eigenvalue weighted by Gasteiger charge is 2.17. The maximum absolute atomic E-state index is 13.1. The van der Waals surface area contributed by atoms with Gasteiger partial charge in [-0.15, -0.1) is 0 Å². The number of para-hydroxylation sites is 1. The molecule has 4 aromatic rings. The number of benzene rings is 2. The molecule has 2 aromatic carbocycles. The van der Waals surface area contributed by atoms with Crippen LogP contribution in [-0.2, 0) is 17.5 Å². The van der Waals surface area contributed by atoms with E-state index in [0.717, 1.165) is 22.4 Å². The molecule has 2 heterocycles. The monoisotopic (exact) mass is 509 g/mol. The molecule has 0 bridgehead atoms. The van der Waals surface area contributed by atoms with E-state index < -0.39 is 11.0 Å². The number of anilines is 2. The molecule has 8 nitrogen and oxygen atoms in total. The van der Waals surface area contributed by atoms with E-state index in [9.17, 15) is 9.00 Å². The summed E-state index contributed by atoms with van der Waals surface area (Å²) >= 11 is 5.90. The van der Waals surface area contributed by atoms with E-state index in [1.807, 2.05) is 44.2 Å². The highest BCUT2D eigenvalue weighted by molar-refractivity contribution is 7.86. The third-order valence-corrected chi connectivity index (χ3v) is 6.58. The van der Waals surface area contributed by atoms with Crippen LogP contribution in [0.25, 0.3) is 0 Å². The van der Waals surface area contributed by atoms with Gasteiger partial charge in [0.1, 0.15) is 4.90 Å². The van der Waals surface area contributed by atoms with Crippen LogP contribution in [0.4, 0.5) is 11.4 Å². The van der Waals surface area contributed by atoms with Crippen molar-refractivity contribution in [1.29, 1.82) is 0 Å². The van der Waals surface area contributed by atoms with E-state index in [1.165, 1.54) is 13.3 Å². The molecule has 0 radical (unpaired) electrons. The van der Waals surface area contributed by atoms with E-state index in [4.69, 9.17) is 16.3 Å². The van der Waals surface area contributed by atoms with E-state index in [-0.39, 0.29) is 11.8 Å². The van der Waals surface area contributed by atoms with Crippen molar-refractivity contribution < 1.29 is 13.7 Å². The van der Waals surface area contributed by atoms with Crippen molar-refractivity contribution in [2.75, 3.05) is 17.1 Å². The standard InChI is InChI=1S/C25H24ClN5O3S/c1-16-5-4-6-17(2)23(16)30-35(33)22-11-21(13-27-25(22)34-3)29-24(32)19-9-7-18(8-10-19)14-31-15-20(26)12-28-31/h4-13,15,30H,14H2,1-3H3,(H,29,32). The van der Waals surface area contributed by atoms with Gasteiger partial charge in [0, 0.05) is 11.8 Å². The molecule has 0 aliphatic rings. The summed E-state index contributed by atoms with van der Waals surface area (Å²) in [7, 11) is -0.206. The van der Waals surface area contributed by atoms with Crippen LogP contribution in [0.2, 0.25) is 5.02 Å². The smallest absolute Gasteiger partial charge is 0.255 e. The zero-order valence-electron chi connectivity index (χ0n) is 19.4. The molecule has 2 aromatic heterocycles. The van der Waals surface area contributed by atoms with Gasteiger partial charge in [0.15, 0.2) is 11.0 Å². The van der Waals surface area contributed by atoms with Crippen LogP contribution in [0, 0.1) is 13.8 Å². The third-order valence-electron chi connectivity index (χ3n) is 5.31. The zero-order chi connectivity index (χ0) is 24.9. The first kappa shape index (κ1) is 24.4. The molecule has 180 valence electrons. The summed E-state index contributed by atoms with van der Waals surface area (Å²) in [5.74, 6) is -0.103. The number of aryl methyl sites for hydroxylation is 2. The second kappa shape index (κ2) is 10.7. The lowest BCUT2D eigenvalue weighted by Crippen LogP contribution is -2.14. The normalized spacial score (nSPS) is 11.7. The summed E-state index contributed by atoms with van der Waals surface area (Å²) in [6.07, 6.45) is 4.77. The van der Waals surface area contributed by atoms with Crippen LogP contribution in [0.5, 0.6) is 5.88 Å². The van der Waals surface area contributed by atoms with E-state index >= 15 is 0 Å². The molecule has 0 spiro atoms. The van der Waals surface area contributed by atoms with Crippen LogP contribution >= 0.6 is 11.6 Å². The Bertz CT molecular complexity index is 1370. The quantitative estimate of drug-likeness (QED) is 0.348. The second-order valence-electron chi connectivity index (χ2n) is 7.88. The molecule has 0 aliphatic carbocycles. The maximum Gasteiger partial charge on any atom is 0.255 e. The van der Waals surface area contributed by atoms with Crippen molar-refractivity contribution in [3.63, 3.8) is 0 Å². The molecule has 1 unspecified atom stereocenters. The molecule has 10 heteroatoms. The van der Waals surface area contributed by atoms with Gasteiger partial charge in [-0.25, -0.2) is 9.19 Å². The average Bonchev–Trinajstić information content (AvgIpc) is 3.26. The number of hydrogen-bond donors (Lipinski definition) is 2. The Morgan fingerprint density at radius 1 is 1.11 bits per heavy atom. The van der Waals surface area contributed by atoms with Crippen molar-refractivity contribution in [1.82, 2.24) is 14.8 Å². The first-order valence-electron chi connectivity index (χ1n) is 10.7. The zero-order valence-corrected chi connectivity index (χ0v) is 21.0. The minimum Gasteiger partial charge on any atom is -0.480 e. The summed E-state index contributed by atoms with van der Waals surface area (Å²) in [5, 5.41) is 7.53. The number of nitrogens with zero attached hydrogens (tertiary/aromatic N) is 3. The van der Waals surface area contributed by atoms with Gasteiger partial charge >= 0.3 is 0 Å². The molecule has 0 saturated heterocycles. The minimum absolute atomic E-state index is 0.211. The summed E-state index contributed by atoms with van der Waals surface area (Å²) in [6, 6.07) is 14.6. The first-order valence-corrected chi connectivity index (χ1v) is 12.2. The highest BCUT2D eigenvalue weighted by Crippen LogP contribution is 2.27. The number of halogens is 1. The van der Waals surface area contributed by atoms with Crippen LogP contribution in [0.3, 0.4) is 0 Å². The van der Waals surface area contributed by atoms with Crippen molar-refractivity contribution in [2.24, 2.45) is 0 Å². The Labute approximate surface area is 210 Å². The summed E-state index contributed by atoms with van der Waals surface area (Å²) in [4.78, 5) is 17.4. The molecular formula is C25H24ClN5O3S. The van der Waals surface area contributed by atoms with Gasteiger partial charge in [-0.2, -0.15) is 5.10 Å². The molecule has 4 rings (SSSR count). The topological polar surface area (TPSA) is 98.1 Å². The SMILES string of the molecule is COc1ncc(NC(=O)c2ccc(Cn3cc(Cl)cn3)cc2)cc1S(=O)Nc1c(C)cccc1C. The van der Waals surface area contributed by atoms with Gasteiger partial charge in [-0.1, -0.05) is 41.9 Å². The van der Waals surface area contributed by atoms with E-state index in [1.54, 1.807) is 35.3 Å². The van der Waals surface area contributed by atoms with Gasteiger partial charge in [0.2, 0.25) is 5.88 Å². The van der Waals surface area contributed by atoms with E-state index in [2.05, 4.69) is 20.1 Å². The summed E-state index contributed by atoms with van der Waals surface area (Å²) < 4.78 is 23.2. The minimum atomic E-state index is -1.66. The van der Waals surface area contributed by atoms with Gasteiger partial charge < -0.3 is 14.8 Å². The highest BCUT2D eigenvalue weighted by atomic mass is 35.5. The fourth-order valence-electron chi connectivity index (χ4n) is 3.49. The maximum atomic E-state index is 13.1. The lowest BCUT2D eigenvalue weighted by Gasteiger charge is -2.14. The van der Waals surface area contributed by atoms with Gasteiger partial charge in [0.05, 0.1) is 42.4 Å².